The minimum Gasteiger partial charge on any atom is -0.491 e. The van der Waals surface area contributed by atoms with Gasteiger partial charge in [0.2, 0.25) is 11.8 Å². The van der Waals surface area contributed by atoms with Crippen molar-refractivity contribution in [2.24, 2.45) is 0 Å². The number of nitrogens with zero attached hydrogens (tertiary/aromatic N) is 1. The number of piperidine rings is 1. The summed E-state index contributed by atoms with van der Waals surface area (Å²) in [6.45, 7) is 3.90. The molecule has 0 saturated carbocycles. The van der Waals surface area contributed by atoms with Gasteiger partial charge >= 0.3 is 0 Å². The fourth-order valence-corrected chi connectivity index (χ4v) is 2.32. The number of ether oxygens (including phenoxy) is 1. The minimum atomic E-state index is -0.871. The quantitative estimate of drug-likeness (QED) is 0.843. The second-order valence-electron chi connectivity index (χ2n) is 5.50. The van der Waals surface area contributed by atoms with Gasteiger partial charge in [-0.15, -0.1) is 0 Å². The lowest BCUT2D eigenvalue weighted by atomic mass is 10.1. The lowest BCUT2D eigenvalue weighted by Crippen LogP contribution is -2.42. The molecule has 1 aromatic carbocycles. The third-order valence-corrected chi connectivity index (χ3v) is 3.38. The van der Waals surface area contributed by atoms with Crippen molar-refractivity contribution in [1.82, 2.24) is 4.90 Å². The maximum Gasteiger partial charge on any atom is 0.229 e. The van der Waals surface area contributed by atoms with E-state index < -0.39 is 6.10 Å². The lowest BCUT2D eigenvalue weighted by molar-refractivity contribution is -0.149. The summed E-state index contributed by atoms with van der Waals surface area (Å²) in [4.78, 5) is 24.6. The fourth-order valence-electron chi connectivity index (χ4n) is 2.32. The van der Waals surface area contributed by atoms with Gasteiger partial charge in [0.15, 0.2) is 0 Å². The summed E-state index contributed by atoms with van der Waals surface area (Å²) in [6.07, 6.45) is 0.568. The van der Waals surface area contributed by atoms with Gasteiger partial charge in [-0.1, -0.05) is 12.1 Å². The molecule has 1 N–H and O–H groups in total. The number of rotatable bonds is 5. The Morgan fingerprint density at radius 2 is 1.71 bits per heavy atom. The number of β-amino-alcohol motifs (C(OH)–C–C–N with tert-alkyl or cyclic N) is 1. The molecule has 2 amide bonds. The number of aliphatic hydroxyl groups excluding tert-OH is 1. The highest BCUT2D eigenvalue weighted by Crippen LogP contribution is 2.21. The van der Waals surface area contributed by atoms with Crippen LogP contribution >= 0.6 is 0 Å². The maximum absolute atomic E-state index is 11.7. The first-order chi connectivity index (χ1) is 9.97. The number of hydrogen-bond acceptors (Lipinski definition) is 4. The first-order valence-electron chi connectivity index (χ1n) is 7.25. The predicted octanol–water partition coefficient (Wildman–Crippen LogP) is 2.05. The van der Waals surface area contributed by atoms with Crippen LogP contribution in [-0.2, 0) is 9.59 Å². The zero-order chi connectivity index (χ0) is 15.4. The molecule has 0 bridgehead atoms. The highest BCUT2D eigenvalue weighted by Gasteiger charge is 2.28. The first kappa shape index (κ1) is 15.5. The third kappa shape index (κ3) is 4.04. The molecule has 5 heteroatoms. The van der Waals surface area contributed by atoms with Gasteiger partial charge in [-0.3, -0.25) is 14.5 Å². The molecule has 1 saturated heterocycles. The van der Waals surface area contributed by atoms with E-state index in [-0.39, 0.29) is 24.5 Å². The van der Waals surface area contributed by atoms with Crippen LogP contribution in [0.3, 0.4) is 0 Å². The molecule has 0 aliphatic carbocycles. The van der Waals surface area contributed by atoms with E-state index in [0.29, 0.717) is 24.8 Å². The van der Waals surface area contributed by atoms with Crippen LogP contribution in [-0.4, -0.2) is 34.5 Å². The Balaban J connectivity index is 2.00. The van der Waals surface area contributed by atoms with Crippen molar-refractivity contribution in [3.05, 3.63) is 29.8 Å². The minimum absolute atomic E-state index is 0.0159. The van der Waals surface area contributed by atoms with Crippen LogP contribution < -0.4 is 4.74 Å². The SMILES string of the molecule is CC(C)Oc1ccc(C(O)CN2C(=O)CCCC2=O)cc1. The Bertz CT molecular complexity index is 494. The summed E-state index contributed by atoms with van der Waals surface area (Å²) in [6, 6.07) is 7.05. The molecule has 1 aliphatic heterocycles. The maximum atomic E-state index is 11.7. The molecule has 1 fully saturated rings. The normalized spacial score (nSPS) is 17.2. The third-order valence-electron chi connectivity index (χ3n) is 3.38. The highest BCUT2D eigenvalue weighted by molar-refractivity contribution is 5.97. The highest BCUT2D eigenvalue weighted by atomic mass is 16.5. The van der Waals surface area contributed by atoms with Gasteiger partial charge < -0.3 is 9.84 Å². The summed E-state index contributed by atoms with van der Waals surface area (Å²) in [5.74, 6) is 0.321. The molecule has 5 nitrogen and oxygen atoms in total. The first-order valence-corrected chi connectivity index (χ1v) is 7.25. The Labute approximate surface area is 124 Å². The average molecular weight is 291 g/mol. The number of imide groups is 1. The van der Waals surface area contributed by atoms with Gasteiger partial charge in [0.25, 0.3) is 0 Å². The Morgan fingerprint density at radius 1 is 1.14 bits per heavy atom. The molecule has 0 spiro atoms. The van der Waals surface area contributed by atoms with Crippen LogP contribution in [0.2, 0.25) is 0 Å². The molecule has 1 atom stereocenters. The van der Waals surface area contributed by atoms with Crippen molar-refractivity contribution in [1.29, 1.82) is 0 Å². The van der Waals surface area contributed by atoms with Crippen molar-refractivity contribution in [3.63, 3.8) is 0 Å². The summed E-state index contributed by atoms with van der Waals surface area (Å²) in [5.41, 5.74) is 0.664. The van der Waals surface area contributed by atoms with Crippen molar-refractivity contribution >= 4 is 11.8 Å². The summed E-state index contributed by atoms with van der Waals surface area (Å²) in [7, 11) is 0. The number of carbonyl (C=O) groups is 2. The molecular formula is C16H21NO4. The van der Waals surface area contributed by atoms with Gasteiger partial charge in [-0.05, 0) is 38.0 Å². The van der Waals surface area contributed by atoms with E-state index in [1.807, 2.05) is 13.8 Å². The zero-order valence-corrected chi connectivity index (χ0v) is 12.4. The molecule has 0 radical (unpaired) electrons. The van der Waals surface area contributed by atoms with E-state index in [1.165, 1.54) is 0 Å². The van der Waals surface area contributed by atoms with Crippen LogP contribution in [0.5, 0.6) is 5.75 Å². The van der Waals surface area contributed by atoms with E-state index in [1.54, 1.807) is 24.3 Å². The van der Waals surface area contributed by atoms with Crippen molar-refractivity contribution in [2.45, 2.75) is 45.3 Å². The molecule has 1 heterocycles. The number of amides is 2. The summed E-state index contributed by atoms with van der Waals surface area (Å²) in [5, 5.41) is 10.2. The van der Waals surface area contributed by atoms with E-state index in [2.05, 4.69) is 0 Å². The molecular weight excluding hydrogens is 270 g/mol. The number of aliphatic hydroxyl groups is 1. The molecule has 0 aromatic heterocycles. The van der Waals surface area contributed by atoms with Gasteiger partial charge in [0.05, 0.1) is 18.8 Å². The Kier molecular flexibility index (Phi) is 4.96. The second-order valence-corrected chi connectivity index (χ2v) is 5.50. The average Bonchev–Trinajstić information content (AvgIpc) is 2.43. The predicted molar refractivity (Wildman–Crippen MR) is 77.7 cm³/mol. The van der Waals surface area contributed by atoms with Crippen molar-refractivity contribution < 1.29 is 19.4 Å². The molecule has 1 aromatic rings. The number of hydrogen-bond donors (Lipinski definition) is 1. The fraction of sp³-hybridized carbons (Fsp3) is 0.500. The van der Waals surface area contributed by atoms with Crippen LogP contribution in [0.15, 0.2) is 24.3 Å². The van der Waals surface area contributed by atoms with Crippen LogP contribution in [0, 0.1) is 0 Å². The monoisotopic (exact) mass is 291 g/mol. The molecule has 21 heavy (non-hydrogen) atoms. The summed E-state index contributed by atoms with van der Waals surface area (Å²) >= 11 is 0. The van der Waals surface area contributed by atoms with E-state index in [0.717, 1.165) is 10.6 Å². The smallest absolute Gasteiger partial charge is 0.229 e. The standard InChI is InChI=1S/C16H21NO4/c1-11(2)21-13-8-6-12(7-9-13)14(18)10-17-15(19)4-3-5-16(17)20/h6-9,11,14,18H,3-5,10H2,1-2H3. The number of benzene rings is 1. The topological polar surface area (TPSA) is 66.8 Å². The van der Waals surface area contributed by atoms with Crippen LogP contribution in [0.4, 0.5) is 0 Å². The van der Waals surface area contributed by atoms with Gasteiger partial charge in [0, 0.05) is 12.8 Å². The summed E-state index contributed by atoms with van der Waals surface area (Å²) < 4.78 is 5.53. The van der Waals surface area contributed by atoms with E-state index in [9.17, 15) is 14.7 Å². The van der Waals surface area contributed by atoms with Crippen LogP contribution in [0.1, 0.15) is 44.8 Å². The zero-order valence-electron chi connectivity index (χ0n) is 12.4. The van der Waals surface area contributed by atoms with Crippen LogP contribution in [0.25, 0.3) is 0 Å². The van der Waals surface area contributed by atoms with Gasteiger partial charge in [-0.2, -0.15) is 0 Å². The Hall–Kier alpha value is -1.88. The lowest BCUT2D eigenvalue weighted by Gasteiger charge is -2.27. The number of carbonyl (C=O) groups excluding carboxylic acids is 2. The Morgan fingerprint density at radius 3 is 2.24 bits per heavy atom. The largest absolute Gasteiger partial charge is 0.491 e. The van der Waals surface area contributed by atoms with Crippen molar-refractivity contribution in [3.8, 4) is 5.75 Å². The van der Waals surface area contributed by atoms with E-state index in [4.69, 9.17) is 4.74 Å². The molecule has 1 aliphatic rings. The molecule has 2 rings (SSSR count). The molecule has 1 unspecified atom stereocenters. The van der Waals surface area contributed by atoms with Crippen molar-refractivity contribution in [2.75, 3.05) is 6.54 Å². The van der Waals surface area contributed by atoms with Gasteiger partial charge in [-0.25, -0.2) is 0 Å². The number of likely N-dealkylation sites (tertiary alicyclic amines) is 1. The second kappa shape index (κ2) is 6.72. The molecule has 114 valence electrons. The van der Waals surface area contributed by atoms with Gasteiger partial charge in [0.1, 0.15) is 5.75 Å². The van der Waals surface area contributed by atoms with E-state index >= 15 is 0 Å².